The van der Waals surface area contributed by atoms with E-state index in [4.69, 9.17) is 5.73 Å². The van der Waals surface area contributed by atoms with Gasteiger partial charge < -0.3 is 5.73 Å². The van der Waals surface area contributed by atoms with E-state index in [1.165, 1.54) is 4.90 Å². The average molecular weight is 195 g/mol. The zero-order valence-electron chi connectivity index (χ0n) is 7.57. The van der Waals surface area contributed by atoms with Crippen LogP contribution in [0.3, 0.4) is 0 Å². The molecule has 0 aromatic heterocycles. The fraction of sp³-hybridized carbons (Fsp3) is 0.300. The summed E-state index contributed by atoms with van der Waals surface area (Å²) in [5.41, 5.74) is 5.15. The first-order valence-corrected chi connectivity index (χ1v) is 5.16. The summed E-state index contributed by atoms with van der Waals surface area (Å²) in [7, 11) is 0. The molecular weight excluding hydrogens is 182 g/mol. The number of thioether (sulfide) groups is 1. The fourth-order valence-electron chi connectivity index (χ4n) is 0.820. The van der Waals surface area contributed by atoms with E-state index in [1.54, 1.807) is 11.8 Å². The molecule has 2 nitrogen and oxygen atoms in total. The normalized spacial score (nSPS) is 12.4. The Morgan fingerprint density at radius 1 is 1.46 bits per heavy atom. The summed E-state index contributed by atoms with van der Waals surface area (Å²) in [6, 6.07) is 9.99. The minimum absolute atomic E-state index is 0.0646. The molecule has 13 heavy (non-hydrogen) atoms. The van der Waals surface area contributed by atoms with E-state index in [0.717, 1.165) is 5.75 Å². The van der Waals surface area contributed by atoms with E-state index >= 15 is 0 Å². The van der Waals surface area contributed by atoms with Crippen LogP contribution >= 0.6 is 11.8 Å². The van der Waals surface area contributed by atoms with Crippen molar-refractivity contribution in [1.29, 1.82) is 0 Å². The van der Waals surface area contributed by atoms with Gasteiger partial charge in [0.15, 0.2) is 0 Å². The zero-order chi connectivity index (χ0) is 9.68. The van der Waals surface area contributed by atoms with E-state index in [1.807, 2.05) is 37.3 Å². The molecular formula is C10H13NOS. The topological polar surface area (TPSA) is 43.1 Å². The minimum Gasteiger partial charge on any atom is -0.369 e. The first-order chi connectivity index (χ1) is 6.20. The van der Waals surface area contributed by atoms with Crippen LogP contribution in [-0.4, -0.2) is 11.7 Å². The molecule has 1 aromatic carbocycles. The highest BCUT2D eigenvalue weighted by atomic mass is 32.2. The second kappa shape index (κ2) is 4.92. The van der Waals surface area contributed by atoms with Gasteiger partial charge in [-0.2, -0.15) is 0 Å². The highest BCUT2D eigenvalue weighted by Gasteiger charge is 2.08. The number of carbonyl (C=O) groups is 1. The van der Waals surface area contributed by atoms with Crippen molar-refractivity contribution >= 4 is 17.7 Å². The molecule has 0 aliphatic rings. The maximum Gasteiger partial charge on any atom is 0.221 e. The molecule has 1 unspecified atom stereocenters. The molecule has 1 atom stereocenters. The molecule has 0 fully saturated rings. The third kappa shape index (κ3) is 3.51. The van der Waals surface area contributed by atoms with Crippen LogP contribution in [0.15, 0.2) is 35.2 Å². The van der Waals surface area contributed by atoms with E-state index in [9.17, 15) is 4.79 Å². The Bertz CT molecular complexity index is 274. The van der Waals surface area contributed by atoms with Crippen molar-refractivity contribution in [2.45, 2.75) is 11.8 Å². The second-order valence-electron chi connectivity index (χ2n) is 2.93. The zero-order valence-corrected chi connectivity index (χ0v) is 8.38. The molecule has 0 spiro atoms. The average Bonchev–Trinajstić information content (AvgIpc) is 2.15. The largest absolute Gasteiger partial charge is 0.369 e. The molecule has 0 aliphatic carbocycles. The van der Waals surface area contributed by atoms with Gasteiger partial charge in [0.1, 0.15) is 0 Å². The summed E-state index contributed by atoms with van der Waals surface area (Å²) in [5, 5.41) is 0. The molecule has 2 N–H and O–H groups in total. The van der Waals surface area contributed by atoms with Gasteiger partial charge in [-0.1, -0.05) is 25.1 Å². The second-order valence-corrected chi connectivity index (χ2v) is 4.02. The SMILES string of the molecule is CC(CSc1ccccc1)C(N)=O. The molecule has 0 radical (unpaired) electrons. The fourth-order valence-corrected chi connectivity index (χ4v) is 1.78. The Hall–Kier alpha value is -0.960. The molecule has 70 valence electrons. The van der Waals surface area contributed by atoms with E-state index in [2.05, 4.69) is 0 Å². The van der Waals surface area contributed by atoms with Crippen LogP contribution in [0, 0.1) is 5.92 Å². The minimum atomic E-state index is -0.233. The third-order valence-electron chi connectivity index (χ3n) is 1.73. The molecule has 0 saturated carbocycles. The highest BCUT2D eigenvalue weighted by Crippen LogP contribution is 2.19. The van der Waals surface area contributed by atoms with Gasteiger partial charge >= 0.3 is 0 Å². The summed E-state index contributed by atoms with van der Waals surface area (Å²) in [6.45, 7) is 1.85. The molecule has 0 heterocycles. The molecule has 1 amide bonds. The van der Waals surface area contributed by atoms with Gasteiger partial charge in [0.05, 0.1) is 0 Å². The monoisotopic (exact) mass is 195 g/mol. The van der Waals surface area contributed by atoms with Gasteiger partial charge in [-0.25, -0.2) is 0 Å². The molecule has 0 bridgehead atoms. The van der Waals surface area contributed by atoms with Crippen LogP contribution < -0.4 is 5.73 Å². The van der Waals surface area contributed by atoms with Gasteiger partial charge in [-0.05, 0) is 12.1 Å². The van der Waals surface area contributed by atoms with Crippen LogP contribution in [-0.2, 0) is 4.79 Å². The Morgan fingerprint density at radius 3 is 2.62 bits per heavy atom. The van der Waals surface area contributed by atoms with E-state index in [0.29, 0.717) is 0 Å². The van der Waals surface area contributed by atoms with Gasteiger partial charge in [0.25, 0.3) is 0 Å². The summed E-state index contributed by atoms with van der Waals surface area (Å²) in [4.78, 5) is 11.9. The Labute approximate surface area is 82.5 Å². The lowest BCUT2D eigenvalue weighted by molar-refractivity contribution is -0.120. The molecule has 0 aliphatic heterocycles. The molecule has 1 rings (SSSR count). The Kier molecular flexibility index (Phi) is 3.83. The number of rotatable bonds is 4. The van der Waals surface area contributed by atoms with Crippen LogP contribution in [0.5, 0.6) is 0 Å². The summed E-state index contributed by atoms with van der Waals surface area (Å²) < 4.78 is 0. The van der Waals surface area contributed by atoms with Crippen molar-refractivity contribution in [2.75, 3.05) is 5.75 Å². The number of primary amides is 1. The van der Waals surface area contributed by atoms with Gasteiger partial charge in [-0.15, -0.1) is 11.8 Å². The first-order valence-electron chi connectivity index (χ1n) is 4.17. The highest BCUT2D eigenvalue weighted by molar-refractivity contribution is 7.99. The van der Waals surface area contributed by atoms with Gasteiger partial charge in [-0.3, -0.25) is 4.79 Å². The first kappa shape index (κ1) is 10.1. The number of hydrogen-bond donors (Lipinski definition) is 1. The van der Waals surface area contributed by atoms with Gasteiger partial charge in [0.2, 0.25) is 5.91 Å². The van der Waals surface area contributed by atoms with Crippen molar-refractivity contribution in [3.8, 4) is 0 Å². The van der Waals surface area contributed by atoms with Crippen molar-refractivity contribution in [3.05, 3.63) is 30.3 Å². The quantitative estimate of drug-likeness (QED) is 0.746. The van der Waals surface area contributed by atoms with Gasteiger partial charge in [0, 0.05) is 16.6 Å². The summed E-state index contributed by atoms with van der Waals surface area (Å²) in [6.07, 6.45) is 0. The third-order valence-corrected chi connectivity index (χ3v) is 3.00. The lowest BCUT2D eigenvalue weighted by Gasteiger charge is -2.05. The number of amides is 1. The van der Waals surface area contributed by atoms with Crippen LogP contribution in [0.2, 0.25) is 0 Å². The molecule has 0 saturated heterocycles. The van der Waals surface area contributed by atoms with Crippen LogP contribution in [0.25, 0.3) is 0 Å². The standard InChI is InChI=1S/C10H13NOS/c1-8(10(11)12)7-13-9-5-3-2-4-6-9/h2-6,8H,7H2,1H3,(H2,11,12). The van der Waals surface area contributed by atoms with Crippen molar-refractivity contribution in [3.63, 3.8) is 0 Å². The van der Waals surface area contributed by atoms with E-state index < -0.39 is 0 Å². The van der Waals surface area contributed by atoms with Crippen molar-refractivity contribution < 1.29 is 4.79 Å². The number of nitrogens with two attached hydrogens (primary N) is 1. The lowest BCUT2D eigenvalue weighted by Crippen LogP contribution is -2.22. The Morgan fingerprint density at radius 2 is 2.08 bits per heavy atom. The summed E-state index contributed by atoms with van der Waals surface area (Å²) >= 11 is 1.66. The number of carbonyl (C=O) groups excluding carboxylic acids is 1. The van der Waals surface area contributed by atoms with Crippen molar-refractivity contribution in [2.24, 2.45) is 11.7 Å². The summed E-state index contributed by atoms with van der Waals surface area (Å²) in [5.74, 6) is 0.452. The number of benzene rings is 1. The van der Waals surface area contributed by atoms with E-state index in [-0.39, 0.29) is 11.8 Å². The number of hydrogen-bond acceptors (Lipinski definition) is 2. The predicted molar refractivity (Wildman–Crippen MR) is 55.5 cm³/mol. The van der Waals surface area contributed by atoms with Crippen LogP contribution in [0.1, 0.15) is 6.92 Å². The van der Waals surface area contributed by atoms with Crippen molar-refractivity contribution in [1.82, 2.24) is 0 Å². The maximum atomic E-state index is 10.7. The Balaban J connectivity index is 2.39. The predicted octanol–water partition coefficient (Wildman–Crippen LogP) is 1.90. The maximum absolute atomic E-state index is 10.7. The van der Waals surface area contributed by atoms with Crippen LogP contribution in [0.4, 0.5) is 0 Å². The lowest BCUT2D eigenvalue weighted by atomic mass is 10.2. The molecule has 1 aromatic rings. The molecule has 3 heteroatoms. The smallest absolute Gasteiger partial charge is 0.221 e.